The van der Waals surface area contributed by atoms with Crippen molar-refractivity contribution in [2.75, 3.05) is 30.8 Å². The summed E-state index contributed by atoms with van der Waals surface area (Å²) in [4.78, 5) is 34.2. The second kappa shape index (κ2) is 13.0. The summed E-state index contributed by atoms with van der Waals surface area (Å²) in [7, 11) is -2.54. The van der Waals surface area contributed by atoms with Gasteiger partial charge in [-0.05, 0) is 54.8 Å². The van der Waals surface area contributed by atoms with E-state index >= 15 is 0 Å². The molecule has 2 aromatic carbocycles. The largest absolute Gasteiger partial charge is 0.467 e. The number of sulfonamides is 1. The number of pyridine rings is 2. The standard InChI is InChI=1S/C30H32N6O5S/c1-41-29(37)26(19-21-9-11-23(12-10-21)33-28-24-14-15-31-20-22(24)13-16-32-28)35-30(38)34-25-7-3-4-8-27(25)42(39,40)36-17-5-2-6-18-36/h3-4,7-16,20,26H,2,5-6,17-19H2,1H3,(H,32,33)(H2,34,35,38). The number of para-hydroxylation sites is 1. The SMILES string of the molecule is COC(=O)C(Cc1ccc(Nc2nccc3cnccc23)cc1)NC(=O)Nc1ccccc1S(=O)(=O)N1CCCCC1. The van der Waals surface area contributed by atoms with Crippen molar-refractivity contribution in [1.82, 2.24) is 19.6 Å². The van der Waals surface area contributed by atoms with Crippen molar-refractivity contribution in [3.8, 4) is 0 Å². The lowest BCUT2D eigenvalue weighted by molar-refractivity contribution is -0.142. The number of urea groups is 1. The Morgan fingerprint density at radius 3 is 2.50 bits per heavy atom. The summed E-state index contributed by atoms with van der Waals surface area (Å²) in [5.74, 6) is 0.0612. The van der Waals surface area contributed by atoms with Crippen molar-refractivity contribution < 1.29 is 22.7 Å². The number of esters is 1. The second-order valence-corrected chi connectivity index (χ2v) is 11.8. The van der Waals surface area contributed by atoms with E-state index in [9.17, 15) is 18.0 Å². The third kappa shape index (κ3) is 6.67. The minimum Gasteiger partial charge on any atom is -0.467 e. The number of fused-ring (bicyclic) bond motifs is 1. The molecular formula is C30H32N6O5S. The monoisotopic (exact) mass is 588 g/mol. The number of hydrogen-bond acceptors (Lipinski definition) is 8. The molecule has 2 aromatic heterocycles. The molecule has 1 atom stereocenters. The number of methoxy groups -OCH3 is 1. The topological polar surface area (TPSA) is 143 Å². The molecule has 4 aromatic rings. The number of ether oxygens (including phenoxy) is 1. The smallest absolute Gasteiger partial charge is 0.328 e. The minimum atomic E-state index is -3.79. The van der Waals surface area contributed by atoms with Crippen LogP contribution in [0.5, 0.6) is 0 Å². The lowest BCUT2D eigenvalue weighted by Crippen LogP contribution is -2.45. The van der Waals surface area contributed by atoms with Gasteiger partial charge in [0.15, 0.2) is 0 Å². The molecule has 0 radical (unpaired) electrons. The van der Waals surface area contributed by atoms with E-state index in [1.807, 2.05) is 36.4 Å². The van der Waals surface area contributed by atoms with Crippen LogP contribution in [0.15, 0.2) is 84.1 Å². The van der Waals surface area contributed by atoms with E-state index in [2.05, 4.69) is 25.9 Å². The maximum absolute atomic E-state index is 13.3. The lowest BCUT2D eigenvalue weighted by Gasteiger charge is -2.27. The van der Waals surface area contributed by atoms with Gasteiger partial charge >= 0.3 is 12.0 Å². The fraction of sp³-hybridized carbons (Fsp3) is 0.267. The number of aromatic nitrogens is 2. The van der Waals surface area contributed by atoms with Crippen molar-refractivity contribution in [3.05, 3.63) is 84.8 Å². The first-order valence-electron chi connectivity index (χ1n) is 13.6. The van der Waals surface area contributed by atoms with Gasteiger partial charge in [0.25, 0.3) is 0 Å². The number of carbonyl (C=O) groups excluding carboxylic acids is 2. The van der Waals surface area contributed by atoms with Crippen LogP contribution in [-0.2, 0) is 26.0 Å². The number of rotatable bonds is 9. The van der Waals surface area contributed by atoms with Crippen molar-refractivity contribution >= 4 is 50.0 Å². The normalized spacial score (nSPS) is 14.6. The van der Waals surface area contributed by atoms with E-state index in [-0.39, 0.29) is 17.0 Å². The molecule has 218 valence electrons. The first-order valence-corrected chi connectivity index (χ1v) is 15.1. The van der Waals surface area contributed by atoms with Gasteiger partial charge in [0.05, 0.1) is 12.8 Å². The summed E-state index contributed by atoms with van der Waals surface area (Å²) < 4.78 is 32.9. The number of benzene rings is 2. The molecule has 3 N–H and O–H groups in total. The number of piperidine rings is 1. The van der Waals surface area contributed by atoms with E-state index in [4.69, 9.17) is 4.74 Å². The Kier molecular flexibility index (Phi) is 8.94. The van der Waals surface area contributed by atoms with Crippen molar-refractivity contribution in [2.24, 2.45) is 0 Å². The van der Waals surface area contributed by atoms with Gasteiger partial charge in [0, 0.05) is 54.6 Å². The molecule has 11 nitrogen and oxygen atoms in total. The second-order valence-electron chi connectivity index (χ2n) is 9.92. The summed E-state index contributed by atoms with van der Waals surface area (Å²) in [5.41, 5.74) is 1.71. The Morgan fingerprint density at radius 2 is 1.74 bits per heavy atom. The van der Waals surface area contributed by atoms with Crippen molar-refractivity contribution in [2.45, 2.75) is 36.6 Å². The highest BCUT2D eigenvalue weighted by Crippen LogP contribution is 2.27. The highest BCUT2D eigenvalue weighted by Gasteiger charge is 2.29. The zero-order valence-corrected chi connectivity index (χ0v) is 23.9. The summed E-state index contributed by atoms with van der Waals surface area (Å²) in [6.07, 6.45) is 7.93. The first kappa shape index (κ1) is 29.0. The molecule has 2 amide bonds. The number of amides is 2. The molecule has 3 heterocycles. The summed E-state index contributed by atoms with van der Waals surface area (Å²) in [5, 5.41) is 10.4. The van der Waals surface area contributed by atoms with Crippen LogP contribution in [0, 0.1) is 0 Å². The van der Waals surface area contributed by atoms with Crippen LogP contribution in [0.4, 0.5) is 22.0 Å². The zero-order valence-electron chi connectivity index (χ0n) is 23.1. The molecule has 1 saturated heterocycles. The van der Waals surface area contributed by atoms with Gasteiger partial charge in [-0.25, -0.2) is 23.0 Å². The average Bonchev–Trinajstić information content (AvgIpc) is 3.02. The average molecular weight is 589 g/mol. The van der Waals surface area contributed by atoms with Gasteiger partial charge in [0.2, 0.25) is 10.0 Å². The Morgan fingerprint density at radius 1 is 0.976 bits per heavy atom. The number of nitrogens with one attached hydrogen (secondary N) is 3. The predicted octanol–water partition coefficient (Wildman–Crippen LogP) is 4.45. The van der Waals surface area contributed by atoms with E-state index in [1.54, 1.807) is 30.7 Å². The molecule has 0 saturated carbocycles. The van der Waals surface area contributed by atoms with E-state index in [0.717, 1.165) is 41.3 Å². The Labute approximate surface area is 244 Å². The molecule has 0 spiro atoms. The molecule has 12 heteroatoms. The molecule has 5 rings (SSSR count). The molecule has 42 heavy (non-hydrogen) atoms. The quantitative estimate of drug-likeness (QED) is 0.243. The van der Waals surface area contributed by atoms with Gasteiger partial charge in [0.1, 0.15) is 16.8 Å². The fourth-order valence-electron chi connectivity index (χ4n) is 4.90. The molecule has 1 unspecified atom stereocenters. The van der Waals surface area contributed by atoms with E-state index in [1.165, 1.54) is 23.5 Å². The molecule has 0 aliphatic carbocycles. The van der Waals surface area contributed by atoms with Crippen LogP contribution in [0.3, 0.4) is 0 Å². The van der Waals surface area contributed by atoms with E-state index < -0.39 is 28.1 Å². The van der Waals surface area contributed by atoms with Crippen LogP contribution in [-0.4, -0.2) is 60.9 Å². The van der Waals surface area contributed by atoms with E-state index in [0.29, 0.717) is 18.9 Å². The highest BCUT2D eigenvalue weighted by molar-refractivity contribution is 7.89. The zero-order chi connectivity index (χ0) is 29.5. The maximum atomic E-state index is 13.3. The van der Waals surface area contributed by atoms with Gasteiger partial charge in [-0.2, -0.15) is 4.31 Å². The summed E-state index contributed by atoms with van der Waals surface area (Å²) in [6.45, 7) is 0.884. The lowest BCUT2D eigenvalue weighted by atomic mass is 10.1. The number of nitrogens with zero attached hydrogens (tertiary/aromatic N) is 3. The first-order chi connectivity index (χ1) is 20.3. The number of hydrogen-bond donors (Lipinski definition) is 3. The Hall–Kier alpha value is -4.55. The molecule has 1 fully saturated rings. The minimum absolute atomic E-state index is 0.0108. The van der Waals surface area contributed by atoms with Crippen molar-refractivity contribution in [1.29, 1.82) is 0 Å². The van der Waals surface area contributed by atoms with Crippen LogP contribution >= 0.6 is 0 Å². The molecule has 1 aliphatic rings. The maximum Gasteiger partial charge on any atom is 0.328 e. The molecular weight excluding hydrogens is 556 g/mol. The summed E-state index contributed by atoms with van der Waals surface area (Å²) in [6, 6.07) is 15.7. The van der Waals surface area contributed by atoms with Crippen LogP contribution in [0.1, 0.15) is 24.8 Å². The summed E-state index contributed by atoms with van der Waals surface area (Å²) >= 11 is 0. The molecule has 0 bridgehead atoms. The Bertz CT molecular complexity index is 1670. The fourth-order valence-corrected chi connectivity index (χ4v) is 6.57. The van der Waals surface area contributed by atoms with Crippen LogP contribution < -0.4 is 16.0 Å². The van der Waals surface area contributed by atoms with Crippen LogP contribution in [0.25, 0.3) is 10.8 Å². The van der Waals surface area contributed by atoms with Gasteiger partial charge < -0.3 is 20.7 Å². The van der Waals surface area contributed by atoms with Crippen LogP contribution in [0.2, 0.25) is 0 Å². The molecule has 1 aliphatic heterocycles. The van der Waals surface area contributed by atoms with Gasteiger partial charge in [-0.3, -0.25) is 4.98 Å². The predicted molar refractivity (Wildman–Crippen MR) is 160 cm³/mol. The number of anilines is 3. The number of carbonyl (C=O) groups is 2. The van der Waals surface area contributed by atoms with Crippen molar-refractivity contribution in [3.63, 3.8) is 0 Å². The highest BCUT2D eigenvalue weighted by atomic mass is 32.2. The Balaban J connectivity index is 1.26. The van der Waals surface area contributed by atoms with Gasteiger partial charge in [-0.15, -0.1) is 0 Å². The third-order valence-electron chi connectivity index (χ3n) is 7.08. The third-order valence-corrected chi connectivity index (χ3v) is 9.04. The van der Waals surface area contributed by atoms with Gasteiger partial charge in [-0.1, -0.05) is 30.7 Å².